The number of phenolic OH excluding ortho intramolecular Hbond substituents is 1. The van der Waals surface area contributed by atoms with E-state index in [1.165, 1.54) is 11.3 Å². The fourth-order valence-electron chi connectivity index (χ4n) is 1.54. The summed E-state index contributed by atoms with van der Waals surface area (Å²) in [4.78, 5) is 18.2. The largest absolute Gasteiger partial charge is 0.508 e. The van der Waals surface area contributed by atoms with Crippen molar-refractivity contribution in [2.45, 2.75) is 6.54 Å². The van der Waals surface area contributed by atoms with Crippen molar-refractivity contribution >= 4 is 33.2 Å². The Morgan fingerprint density at radius 2 is 2.33 bits per heavy atom. The molecule has 0 spiro atoms. The number of hydrogen-bond donors (Lipinski definition) is 1. The van der Waals surface area contributed by atoms with Gasteiger partial charge in [0.05, 0.1) is 6.20 Å². The van der Waals surface area contributed by atoms with E-state index in [4.69, 9.17) is 0 Å². The molecule has 94 valence electrons. The summed E-state index contributed by atoms with van der Waals surface area (Å²) in [6.07, 6.45) is 1.55. The molecule has 1 heterocycles. The molecule has 0 unspecified atom stereocenters. The zero-order chi connectivity index (χ0) is 13.1. The van der Waals surface area contributed by atoms with Crippen LogP contribution in [-0.4, -0.2) is 27.9 Å². The van der Waals surface area contributed by atoms with E-state index in [0.717, 1.165) is 5.56 Å². The maximum Gasteiger partial charge on any atom is 0.265 e. The minimum atomic E-state index is -0.0819. The van der Waals surface area contributed by atoms with Crippen LogP contribution in [0.25, 0.3) is 0 Å². The van der Waals surface area contributed by atoms with Gasteiger partial charge < -0.3 is 10.0 Å². The molecule has 0 aliphatic carbocycles. The monoisotopic (exact) mass is 326 g/mol. The molecule has 4 nitrogen and oxygen atoms in total. The maximum absolute atomic E-state index is 12.1. The van der Waals surface area contributed by atoms with Gasteiger partial charge in [0, 0.05) is 13.6 Å². The Balaban J connectivity index is 2.08. The van der Waals surface area contributed by atoms with Gasteiger partial charge in [-0.3, -0.25) is 4.79 Å². The highest BCUT2D eigenvalue weighted by atomic mass is 79.9. The molecule has 0 radical (unpaired) electrons. The number of aromatic hydroxyl groups is 1. The van der Waals surface area contributed by atoms with Crippen molar-refractivity contribution in [2.24, 2.45) is 0 Å². The van der Waals surface area contributed by atoms with Crippen molar-refractivity contribution in [1.29, 1.82) is 0 Å². The van der Waals surface area contributed by atoms with Gasteiger partial charge in [-0.25, -0.2) is 4.98 Å². The van der Waals surface area contributed by atoms with Gasteiger partial charge in [0.1, 0.15) is 10.6 Å². The van der Waals surface area contributed by atoms with E-state index in [1.54, 1.807) is 36.3 Å². The van der Waals surface area contributed by atoms with Crippen LogP contribution in [0.5, 0.6) is 5.75 Å². The molecular weight excluding hydrogens is 316 g/mol. The number of nitrogens with zero attached hydrogens (tertiary/aromatic N) is 2. The van der Waals surface area contributed by atoms with Crippen LogP contribution in [0.15, 0.2) is 34.4 Å². The van der Waals surface area contributed by atoms with Gasteiger partial charge in [-0.05, 0) is 33.6 Å². The van der Waals surface area contributed by atoms with Crippen molar-refractivity contribution in [3.8, 4) is 5.75 Å². The molecule has 0 saturated carbocycles. The van der Waals surface area contributed by atoms with E-state index >= 15 is 0 Å². The molecule has 1 aromatic carbocycles. The highest BCUT2D eigenvalue weighted by Crippen LogP contribution is 2.20. The lowest BCUT2D eigenvalue weighted by molar-refractivity contribution is 0.0789. The smallest absolute Gasteiger partial charge is 0.265 e. The van der Waals surface area contributed by atoms with Crippen LogP contribution in [0, 0.1) is 0 Å². The molecule has 0 bridgehead atoms. The molecule has 1 N–H and O–H groups in total. The lowest BCUT2D eigenvalue weighted by Gasteiger charge is -2.16. The summed E-state index contributed by atoms with van der Waals surface area (Å²) in [6.45, 7) is 0.447. The summed E-state index contributed by atoms with van der Waals surface area (Å²) >= 11 is 4.53. The normalized spacial score (nSPS) is 10.3. The average molecular weight is 327 g/mol. The predicted octanol–water partition coefficient (Wildman–Crippen LogP) is 2.88. The number of benzene rings is 1. The Morgan fingerprint density at radius 1 is 1.56 bits per heavy atom. The molecule has 0 atom stereocenters. The molecule has 6 heteroatoms. The first-order valence-electron chi connectivity index (χ1n) is 5.21. The number of carbonyl (C=O) groups is 1. The van der Waals surface area contributed by atoms with Crippen LogP contribution >= 0.6 is 27.3 Å². The maximum atomic E-state index is 12.1. The lowest BCUT2D eigenvalue weighted by Crippen LogP contribution is -2.25. The van der Waals surface area contributed by atoms with Crippen molar-refractivity contribution in [1.82, 2.24) is 9.88 Å². The molecular formula is C12H11BrN2O2S. The fourth-order valence-corrected chi connectivity index (χ4v) is 2.80. The number of thiazole rings is 1. The van der Waals surface area contributed by atoms with Crippen molar-refractivity contribution in [2.75, 3.05) is 7.05 Å². The second-order valence-corrected chi connectivity index (χ2v) is 6.12. The van der Waals surface area contributed by atoms with Gasteiger partial charge in [0.25, 0.3) is 5.91 Å². The lowest BCUT2D eigenvalue weighted by atomic mass is 10.2. The van der Waals surface area contributed by atoms with E-state index in [1.807, 2.05) is 6.07 Å². The summed E-state index contributed by atoms with van der Waals surface area (Å²) in [5.41, 5.74) is 0.884. The minimum Gasteiger partial charge on any atom is -0.508 e. The van der Waals surface area contributed by atoms with Crippen molar-refractivity contribution in [3.05, 3.63) is 44.8 Å². The standard InChI is InChI=1S/C12H11BrN2O2S/c1-15(7-8-3-2-4-9(16)5-8)11(17)10-6-14-12(13)18-10/h2-6,16H,7H2,1H3. The Kier molecular flexibility index (Phi) is 3.98. The van der Waals surface area contributed by atoms with Crippen LogP contribution in [-0.2, 0) is 6.54 Å². The van der Waals surface area contributed by atoms with Gasteiger partial charge in [0.2, 0.25) is 0 Å². The van der Waals surface area contributed by atoms with Crippen molar-refractivity contribution < 1.29 is 9.90 Å². The Morgan fingerprint density at radius 3 is 2.94 bits per heavy atom. The van der Waals surface area contributed by atoms with E-state index in [0.29, 0.717) is 15.3 Å². The Hall–Kier alpha value is -1.40. The molecule has 0 aliphatic heterocycles. The number of carbonyl (C=O) groups excluding carboxylic acids is 1. The zero-order valence-electron chi connectivity index (χ0n) is 9.63. The molecule has 2 aromatic rings. The molecule has 0 saturated heterocycles. The van der Waals surface area contributed by atoms with E-state index in [9.17, 15) is 9.90 Å². The molecule has 18 heavy (non-hydrogen) atoms. The third-order valence-electron chi connectivity index (χ3n) is 2.37. The first-order valence-corrected chi connectivity index (χ1v) is 6.82. The number of hydrogen-bond acceptors (Lipinski definition) is 4. The first-order chi connectivity index (χ1) is 8.56. The van der Waals surface area contributed by atoms with Gasteiger partial charge >= 0.3 is 0 Å². The topological polar surface area (TPSA) is 53.4 Å². The minimum absolute atomic E-state index is 0.0819. The number of phenols is 1. The number of rotatable bonds is 3. The third-order valence-corrected chi connectivity index (χ3v) is 3.83. The highest BCUT2D eigenvalue weighted by Gasteiger charge is 2.14. The van der Waals surface area contributed by atoms with E-state index < -0.39 is 0 Å². The Labute approximate surface area is 117 Å². The summed E-state index contributed by atoms with van der Waals surface area (Å²) in [5, 5.41) is 9.37. The molecule has 0 fully saturated rings. The second-order valence-electron chi connectivity index (χ2n) is 3.81. The van der Waals surface area contributed by atoms with E-state index in [2.05, 4.69) is 20.9 Å². The summed E-state index contributed by atoms with van der Waals surface area (Å²) in [6, 6.07) is 6.87. The third kappa shape index (κ3) is 3.08. The average Bonchev–Trinajstić information content (AvgIpc) is 2.75. The zero-order valence-corrected chi connectivity index (χ0v) is 12.0. The molecule has 1 amide bonds. The highest BCUT2D eigenvalue weighted by molar-refractivity contribution is 9.11. The van der Waals surface area contributed by atoms with Crippen molar-refractivity contribution in [3.63, 3.8) is 0 Å². The summed E-state index contributed by atoms with van der Waals surface area (Å²) in [5.74, 6) is 0.121. The number of halogens is 1. The SMILES string of the molecule is CN(Cc1cccc(O)c1)C(=O)c1cnc(Br)s1. The number of amides is 1. The first kappa shape index (κ1) is 13.0. The molecule has 2 rings (SSSR count). The van der Waals surface area contributed by atoms with E-state index in [-0.39, 0.29) is 11.7 Å². The number of aromatic nitrogens is 1. The van der Waals surface area contributed by atoms with Crippen LogP contribution in [0.4, 0.5) is 0 Å². The second kappa shape index (κ2) is 5.49. The van der Waals surface area contributed by atoms with Crippen LogP contribution in [0.2, 0.25) is 0 Å². The Bertz CT molecular complexity index is 571. The summed E-state index contributed by atoms with van der Waals surface area (Å²) < 4.78 is 0.691. The fraction of sp³-hybridized carbons (Fsp3) is 0.167. The van der Waals surface area contributed by atoms with Gasteiger partial charge in [-0.1, -0.05) is 12.1 Å². The van der Waals surface area contributed by atoms with Crippen LogP contribution < -0.4 is 0 Å². The predicted molar refractivity (Wildman–Crippen MR) is 73.7 cm³/mol. The van der Waals surface area contributed by atoms with Crippen LogP contribution in [0.3, 0.4) is 0 Å². The van der Waals surface area contributed by atoms with Gasteiger partial charge in [-0.15, -0.1) is 11.3 Å². The summed E-state index contributed by atoms with van der Waals surface area (Å²) in [7, 11) is 1.72. The molecule has 0 aliphatic rings. The molecule has 1 aromatic heterocycles. The quantitative estimate of drug-likeness (QED) is 0.943. The van der Waals surface area contributed by atoms with Crippen LogP contribution in [0.1, 0.15) is 15.2 Å². The van der Waals surface area contributed by atoms with Gasteiger partial charge in [-0.2, -0.15) is 0 Å². The van der Waals surface area contributed by atoms with Gasteiger partial charge in [0.15, 0.2) is 3.92 Å².